The van der Waals surface area contributed by atoms with Gasteiger partial charge in [-0.05, 0) is 38.3 Å². The average molecular weight is 280 g/mol. The maximum absolute atomic E-state index is 11.3. The third-order valence-electron chi connectivity index (χ3n) is 3.45. The molecule has 0 amide bonds. The SMILES string of the molecule is CCOc1cccc(C(=O)O)c1OC1CCCCC1O. The van der Waals surface area contributed by atoms with Crippen molar-refractivity contribution in [3.63, 3.8) is 0 Å². The lowest BCUT2D eigenvalue weighted by molar-refractivity contribution is 0.00460. The molecule has 0 aliphatic heterocycles. The van der Waals surface area contributed by atoms with Gasteiger partial charge in [0.05, 0.1) is 12.7 Å². The van der Waals surface area contributed by atoms with Gasteiger partial charge in [-0.2, -0.15) is 0 Å². The van der Waals surface area contributed by atoms with E-state index in [9.17, 15) is 15.0 Å². The molecule has 2 N–H and O–H groups in total. The third kappa shape index (κ3) is 3.22. The monoisotopic (exact) mass is 280 g/mol. The summed E-state index contributed by atoms with van der Waals surface area (Å²) >= 11 is 0. The highest BCUT2D eigenvalue weighted by molar-refractivity contribution is 5.92. The molecule has 0 saturated heterocycles. The van der Waals surface area contributed by atoms with Crippen molar-refractivity contribution < 1.29 is 24.5 Å². The number of hydrogen-bond donors (Lipinski definition) is 2. The summed E-state index contributed by atoms with van der Waals surface area (Å²) in [6.45, 7) is 2.25. The van der Waals surface area contributed by atoms with Crippen LogP contribution in [0.25, 0.3) is 0 Å². The maximum Gasteiger partial charge on any atom is 0.339 e. The molecule has 110 valence electrons. The molecule has 0 heterocycles. The van der Waals surface area contributed by atoms with E-state index in [1.54, 1.807) is 12.1 Å². The molecule has 0 spiro atoms. The Kier molecular flexibility index (Phi) is 4.84. The summed E-state index contributed by atoms with van der Waals surface area (Å²) in [5.74, 6) is -0.440. The highest BCUT2D eigenvalue weighted by Gasteiger charge is 2.28. The van der Waals surface area contributed by atoms with Crippen LogP contribution in [0.2, 0.25) is 0 Å². The zero-order valence-electron chi connectivity index (χ0n) is 11.5. The van der Waals surface area contributed by atoms with Crippen LogP contribution in [-0.4, -0.2) is 35.0 Å². The van der Waals surface area contributed by atoms with Gasteiger partial charge in [-0.3, -0.25) is 0 Å². The van der Waals surface area contributed by atoms with Gasteiger partial charge < -0.3 is 19.7 Å². The maximum atomic E-state index is 11.3. The summed E-state index contributed by atoms with van der Waals surface area (Å²) < 4.78 is 11.2. The summed E-state index contributed by atoms with van der Waals surface area (Å²) in [5.41, 5.74) is 0.0636. The predicted octanol–water partition coefficient (Wildman–Crippen LogP) is 2.47. The fraction of sp³-hybridized carbons (Fsp3) is 0.533. The Morgan fingerprint density at radius 3 is 2.75 bits per heavy atom. The van der Waals surface area contributed by atoms with Crippen LogP contribution in [0.15, 0.2) is 18.2 Å². The van der Waals surface area contributed by atoms with E-state index < -0.39 is 12.1 Å². The molecule has 0 bridgehead atoms. The molecule has 0 aromatic heterocycles. The Morgan fingerprint density at radius 1 is 1.35 bits per heavy atom. The fourth-order valence-electron chi connectivity index (χ4n) is 2.44. The quantitative estimate of drug-likeness (QED) is 0.866. The number of carboxylic acid groups (broad SMARTS) is 1. The zero-order valence-corrected chi connectivity index (χ0v) is 11.5. The zero-order chi connectivity index (χ0) is 14.5. The smallest absolute Gasteiger partial charge is 0.339 e. The molecule has 2 rings (SSSR count). The molecule has 1 aromatic carbocycles. The number of aliphatic hydroxyl groups is 1. The van der Waals surface area contributed by atoms with Crippen molar-refractivity contribution in [3.05, 3.63) is 23.8 Å². The summed E-state index contributed by atoms with van der Waals surface area (Å²) in [6, 6.07) is 4.79. The van der Waals surface area contributed by atoms with Gasteiger partial charge in [-0.15, -0.1) is 0 Å². The molecule has 20 heavy (non-hydrogen) atoms. The van der Waals surface area contributed by atoms with Gasteiger partial charge in [0.1, 0.15) is 11.7 Å². The van der Waals surface area contributed by atoms with Gasteiger partial charge >= 0.3 is 5.97 Å². The van der Waals surface area contributed by atoms with E-state index in [1.165, 1.54) is 6.07 Å². The molecule has 1 aromatic rings. The highest BCUT2D eigenvalue weighted by Crippen LogP contribution is 2.34. The van der Waals surface area contributed by atoms with Crippen molar-refractivity contribution in [2.45, 2.75) is 44.8 Å². The van der Waals surface area contributed by atoms with Crippen LogP contribution in [0.4, 0.5) is 0 Å². The predicted molar refractivity (Wildman–Crippen MR) is 73.5 cm³/mol. The highest BCUT2D eigenvalue weighted by atomic mass is 16.5. The van der Waals surface area contributed by atoms with Crippen molar-refractivity contribution >= 4 is 5.97 Å². The first-order valence-corrected chi connectivity index (χ1v) is 6.97. The summed E-state index contributed by atoms with van der Waals surface area (Å²) in [7, 11) is 0. The van der Waals surface area contributed by atoms with Gasteiger partial charge in [0, 0.05) is 0 Å². The Morgan fingerprint density at radius 2 is 2.10 bits per heavy atom. The molecule has 0 radical (unpaired) electrons. The Labute approximate surface area is 118 Å². The van der Waals surface area contributed by atoms with E-state index in [4.69, 9.17) is 9.47 Å². The minimum atomic E-state index is -1.06. The van der Waals surface area contributed by atoms with Crippen molar-refractivity contribution in [2.75, 3.05) is 6.61 Å². The number of hydrogen-bond acceptors (Lipinski definition) is 4. The average Bonchev–Trinajstić information content (AvgIpc) is 2.43. The van der Waals surface area contributed by atoms with Crippen molar-refractivity contribution in [2.24, 2.45) is 0 Å². The first-order chi connectivity index (χ1) is 9.63. The van der Waals surface area contributed by atoms with Crippen LogP contribution in [0.3, 0.4) is 0 Å². The first-order valence-electron chi connectivity index (χ1n) is 6.97. The van der Waals surface area contributed by atoms with Crippen molar-refractivity contribution in [1.82, 2.24) is 0 Å². The molecular weight excluding hydrogens is 260 g/mol. The van der Waals surface area contributed by atoms with E-state index >= 15 is 0 Å². The Bertz CT molecular complexity index is 471. The number of aliphatic hydroxyl groups excluding tert-OH is 1. The van der Waals surface area contributed by atoms with Gasteiger partial charge in [0.25, 0.3) is 0 Å². The molecule has 1 aliphatic carbocycles. The lowest BCUT2D eigenvalue weighted by atomic mass is 9.94. The standard InChI is InChI=1S/C15H20O5/c1-2-19-13-9-5-6-10(15(17)18)14(13)20-12-8-4-3-7-11(12)16/h5-6,9,11-12,16H,2-4,7-8H2,1H3,(H,17,18). The second-order valence-electron chi connectivity index (χ2n) is 4.88. The number of carboxylic acids is 1. The largest absolute Gasteiger partial charge is 0.490 e. The van der Waals surface area contributed by atoms with E-state index in [1.807, 2.05) is 6.92 Å². The van der Waals surface area contributed by atoms with Crippen LogP contribution in [0.1, 0.15) is 43.0 Å². The molecule has 2 unspecified atom stereocenters. The van der Waals surface area contributed by atoms with E-state index in [2.05, 4.69) is 0 Å². The van der Waals surface area contributed by atoms with Gasteiger partial charge in [0.15, 0.2) is 11.5 Å². The Balaban J connectivity index is 2.29. The number of ether oxygens (including phenoxy) is 2. The van der Waals surface area contributed by atoms with Crippen LogP contribution in [0, 0.1) is 0 Å². The minimum Gasteiger partial charge on any atom is -0.490 e. The molecule has 5 heteroatoms. The van der Waals surface area contributed by atoms with Gasteiger partial charge in [-0.25, -0.2) is 4.79 Å². The summed E-state index contributed by atoms with van der Waals surface area (Å²) in [4.78, 5) is 11.3. The van der Waals surface area contributed by atoms with E-state index in [0.29, 0.717) is 18.8 Å². The molecule has 5 nitrogen and oxygen atoms in total. The first kappa shape index (κ1) is 14.7. The van der Waals surface area contributed by atoms with Crippen molar-refractivity contribution in [3.8, 4) is 11.5 Å². The molecule has 1 saturated carbocycles. The van der Waals surface area contributed by atoms with Crippen LogP contribution in [-0.2, 0) is 0 Å². The Hall–Kier alpha value is -1.75. The van der Waals surface area contributed by atoms with Crippen LogP contribution in [0.5, 0.6) is 11.5 Å². The molecule has 1 fully saturated rings. The number of aromatic carboxylic acids is 1. The third-order valence-corrected chi connectivity index (χ3v) is 3.45. The fourth-order valence-corrected chi connectivity index (χ4v) is 2.44. The van der Waals surface area contributed by atoms with Crippen LogP contribution < -0.4 is 9.47 Å². The number of benzene rings is 1. The topological polar surface area (TPSA) is 76.0 Å². The number of rotatable bonds is 5. The lowest BCUT2D eigenvalue weighted by Gasteiger charge is -2.29. The van der Waals surface area contributed by atoms with E-state index in [-0.39, 0.29) is 17.4 Å². The van der Waals surface area contributed by atoms with Crippen molar-refractivity contribution in [1.29, 1.82) is 0 Å². The normalized spacial score (nSPS) is 22.3. The molecule has 1 aliphatic rings. The summed E-state index contributed by atoms with van der Waals surface area (Å²) in [6.07, 6.45) is 2.43. The number of carbonyl (C=O) groups is 1. The minimum absolute atomic E-state index is 0.0636. The molecule has 2 atom stereocenters. The second kappa shape index (κ2) is 6.61. The van der Waals surface area contributed by atoms with Gasteiger partial charge in [0.2, 0.25) is 0 Å². The van der Waals surface area contributed by atoms with Crippen LogP contribution >= 0.6 is 0 Å². The lowest BCUT2D eigenvalue weighted by Crippen LogP contribution is -2.35. The second-order valence-corrected chi connectivity index (χ2v) is 4.88. The van der Waals surface area contributed by atoms with Gasteiger partial charge in [-0.1, -0.05) is 12.5 Å². The number of para-hydroxylation sites is 1. The molecular formula is C15H20O5. The summed E-state index contributed by atoms with van der Waals surface area (Å²) in [5, 5.41) is 19.2. The van der Waals surface area contributed by atoms with E-state index in [0.717, 1.165) is 19.3 Å².